The Morgan fingerprint density at radius 3 is 2.23 bits per heavy atom. The van der Waals surface area contributed by atoms with Gasteiger partial charge in [0.05, 0.1) is 16.9 Å². The highest BCUT2D eigenvalue weighted by Gasteiger charge is 2.21. The number of aromatic nitrogens is 3. The lowest BCUT2D eigenvalue weighted by atomic mass is 10.1. The molecule has 1 aliphatic rings. The number of halogens is 1. The van der Waals surface area contributed by atoms with E-state index >= 15 is 0 Å². The van der Waals surface area contributed by atoms with Gasteiger partial charge in [-0.15, -0.1) is 0 Å². The van der Waals surface area contributed by atoms with Gasteiger partial charge in [-0.2, -0.15) is 0 Å². The zero-order chi connectivity index (χ0) is 28.9. The maximum absolute atomic E-state index is 14.5. The normalized spacial score (nSPS) is 12.1. The summed E-state index contributed by atoms with van der Waals surface area (Å²) in [5.41, 5.74) is 0.934. The van der Waals surface area contributed by atoms with Crippen LogP contribution >= 0.6 is 0 Å². The third-order valence-corrected chi connectivity index (χ3v) is 6.18. The number of hydrogen-bond donors (Lipinski definition) is 3. The Kier molecular flexibility index (Phi) is 9.24. The summed E-state index contributed by atoms with van der Waals surface area (Å²) < 4.78 is 17.1. The fraction of sp³-hybridized carbons (Fsp3) is 0.310. The Hall–Kier alpha value is -4.47. The molecule has 0 unspecified atom stereocenters. The summed E-state index contributed by atoms with van der Waals surface area (Å²) in [4.78, 5) is 50.6. The van der Waals surface area contributed by atoms with Crippen molar-refractivity contribution in [1.29, 1.82) is 0 Å². The number of nitrogens with one attached hydrogen (secondary N) is 3. The molecule has 0 spiro atoms. The third-order valence-electron chi connectivity index (χ3n) is 6.18. The molecule has 0 radical (unpaired) electrons. The number of pyridine rings is 1. The van der Waals surface area contributed by atoms with Crippen LogP contribution in [0.1, 0.15) is 43.4 Å². The zero-order valence-corrected chi connectivity index (χ0v) is 23.0. The molecule has 2 heterocycles. The number of aromatic amines is 1. The number of anilines is 2. The number of aryl methyl sites for hydroxylation is 3. The van der Waals surface area contributed by atoms with Crippen LogP contribution in [0.3, 0.4) is 0 Å². The monoisotopic (exact) mass is 535 g/mol. The first-order chi connectivity index (χ1) is 18.6. The topological polar surface area (TPSA) is 118 Å². The molecule has 1 fully saturated rings. The molecule has 1 saturated carbocycles. The van der Waals surface area contributed by atoms with Gasteiger partial charge in [-0.1, -0.05) is 32.0 Å². The Bertz CT molecular complexity index is 1680. The van der Waals surface area contributed by atoms with Gasteiger partial charge in [0, 0.05) is 18.7 Å². The standard InChI is InChI=1S/C23H21FN4O3.C4H7NO.C2H6/c1-12-6-5-7-15(10-12)28-19-14(3)22(30)27(4)20(18(19)21(29)26-23(28)31)25-17-9-8-13(2)11-16(17)24;6-3-5-4-1-2-4;1-2/h5-11,25H,1-4H3,(H,26,29,31);3-4H,1-2H2,(H,5,6);1-2H3. The quantitative estimate of drug-likeness (QED) is 0.333. The maximum atomic E-state index is 14.5. The maximum Gasteiger partial charge on any atom is 0.333 e. The molecule has 2 aromatic carbocycles. The molecule has 10 heteroatoms. The minimum atomic E-state index is -0.669. The minimum Gasteiger partial charge on any atom is -0.356 e. The molecule has 9 nitrogen and oxygen atoms in total. The molecule has 4 aromatic rings. The second-order valence-electron chi connectivity index (χ2n) is 9.16. The number of carbonyl (C=O) groups excluding carboxylic acids is 1. The zero-order valence-electron chi connectivity index (χ0n) is 23.0. The van der Waals surface area contributed by atoms with E-state index in [0.29, 0.717) is 11.7 Å². The van der Waals surface area contributed by atoms with Crippen molar-refractivity contribution < 1.29 is 9.18 Å². The van der Waals surface area contributed by atoms with Crippen LogP contribution in [0.15, 0.2) is 56.8 Å². The summed E-state index contributed by atoms with van der Waals surface area (Å²) in [5, 5.41) is 5.60. The molecular formula is C29H34FN5O4. The van der Waals surface area contributed by atoms with Gasteiger partial charge in [-0.3, -0.25) is 28.5 Å². The average Bonchev–Trinajstić information content (AvgIpc) is 3.72. The van der Waals surface area contributed by atoms with Crippen molar-refractivity contribution in [3.63, 3.8) is 0 Å². The number of hydrogen-bond acceptors (Lipinski definition) is 5. The van der Waals surface area contributed by atoms with Gasteiger partial charge in [0.1, 0.15) is 17.0 Å². The summed E-state index contributed by atoms with van der Waals surface area (Å²) >= 11 is 0. The number of carbonyl (C=O) groups is 1. The third kappa shape index (κ3) is 6.34. The largest absolute Gasteiger partial charge is 0.356 e. The minimum absolute atomic E-state index is 0.0840. The van der Waals surface area contributed by atoms with Gasteiger partial charge in [-0.25, -0.2) is 9.18 Å². The fourth-order valence-electron chi connectivity index (χ4n) is 4.09. The van der Waals surface area contributed by atoms with E-state index in [-0.39, 0.29) is 28.0 Å². The summed E-state index contributed by atoms with van der Waals surface area (Å²) in [5.74, 6) is -0.430. The Morgan fingerprint density at radius 2 is 1.67 bits per heavy atom. The summed E-state index contributed by atoms with van der Waals surface area (Å²) in [6.07, 6.45) is 3.12. The van der Waals surface area contributed by atoms with E-state index < -0.39 is 22.6 Å². The predicted molar refractivity (Wildman–Crippen MR) is 153 cm³/mol. The van der Waals surface area contributed by atoms with E-state index in [0.717, 1.165) is 17.5 Å². The average molecular weight is 536 g/mol. The van der Waals surface area contributed by atoms with E-state index in [1.165, 1.54) is 41.2 Å². The number of rotatable bonds is 5. The molecule has 39 heavy (non-hydrogen) atoms. The van der Waals surface area contributed by atoms with Gasteiger partial charge < -0.3 is 10.6 Å². The highest BCUT2D eigenvalue weighted by atomic mass is 19.1. The molecule has 3 N–H and O–H groups in total. The Morgan fingerprint density at radius 1 is 1.00 bits per heavy atom. The van der Waals surface area contributed by atoms with Crippen molar-refractivity contribution in [3.05, 3.63) is 96.2 Å². The van der Waals surface area contributed by atoms with Crippen LogP contribution in [-0.4, -0.2) is 26.6 Å². The van der Waals surface area contributed by atoms with Gasteiger partial charge in [-0.05, 0) is 69.0 Å². The van der Waals surface area contributed by atoms with E-state index in [4.69, 9.17) is 0 Å². The highest BCUT2D eigenvalue weighted by molar-refractivity contribution is 5.93. The number of nitrogens with zero attached hydrogens (tertiary/aromatic N) is 2. The molecule has 5 rings (SSSR count). The van der Waals surface area contributed by atoms with E-state index in [1.807, 2.05) is 26.8 Å². The molecule has 1 amide bonds. The second-order valence-corrected chi connectivity index (χ2v) is 9.16. The lowest BCUT2D eigenvalue weighted by molar-refractivity contribution is -0.109. The molecule has 0 aliphatic heterocycles. The first-order valence-corrected chi connectivity index (χ1v) is 12.8. The van der Waals surface area contributed by atoms with Gasteiger partial charge in [0.15, 0.2) is 0 Å². The van der Waals surface area contributed by atoms with Crippen molar-refractivity contribution in [2.45, 2.75) is 53.5 Å². The SMILES string of the molecule is CC.Cc1cccc(-n2c(=O)[nH]c(=O)c3c(Nc4ccc(C)cc4F)n(C)c(=O)c(C)c32)c1.O=CNC1CC1. The van der Waals surface area contributed by atoms with Gasteiger partial charge in [0.25, 0.3) is 11.1 Å². The van der Waals surface area contributed by atoms with Crippen LogP contribution in [0.4, 0.5) is 15.9 Å². The van der Waals surface area contributed by atoms with Crippen molar-refractivity contribution in [3.8, 4) is 5.69 Å². The Labute approximate surface area is 225 Å². The van der Waals surface area contributed by atoms with Crippen molar-refractivity contribution >= 4 is 28.8 Å². The van der Waals surface area contributed by atoms with Crippen molar-refractivity contribution in [2.24, 2.45) is 7.05 Å². The lowest BCUT2D eigenvalue weighted by Gasteiger charge is -2.18. The number of amides is 1. The second kappa shape index (κ2) is 12.4. The smallest absolute Gasteiger partial charge is 0.333 e. The van der Waals surface area contributed by atoms with Gasteiger partial charge in [0.2, 0.25) is 6.41 Å². The number of benzene rings is 2. The van der Waals surface area contributed by atoms with Gasteiger partial charge >= 0.3 is 5.69 Å². The number of fused-ring (bicyclic) bond motifs is 1. The Balaban J connectivity index is 0.000000457. The van der Waals surface area contributed by atoms with E-state index in [9.17, 15) is 23.6 Å². The van der Waals surface area contributed by atoms with Crippen LogP contribution in [0.5, 0.6) is 0 Å². The molecule has 0 saturated heterocycles. The molecule has 206 valence electrons. The van der Waals surface area contributed by atoms with E-state index in [2.05, 4.69) is 15.6 Å². The first kappa shape index (κ1) is 29.1. The predicted octanol–water partition coefficient (Wildman–Crippen LogP) is 4.11. The van der Waals surface area contributed by atoms with Crippen LogP contribution in [0.25, 0.3) is 16.6 Å². The summed E-state index contributed by atoms with van der Waals surface area (Å²) in [6, 6.07) is 12.3. The summed E-state index contributed by atoms with van der Waals surface area (Å²) in [7, 11) is 1.49. The van der Waals surface area contributed by atoms with Crippen LogP contribution < -0.4 is 27.4 Å². The lowest BCUT2D eigenvalue weighted by Crippen LogP contribution is -2.34. The molecular weight excluding hydrogens is 501 g/mol. The van der Waals surface area contributed by atoms with Crippen LogP contribution in [-0.2, 0) is 11.8 Å². The number of H-pyrrole nitrogens is 1. The highest BCUT2D eigenvalue weighted by Crippen LogP contribution is 2.26. The molecule has 2 aromatic heterocycles. The molecule has 0 bridgehead atoms. The van der Waals surface area contributed by atoms with E-state index in [1.54, 1.807) is 38.1 Å². The molecule has 1 aliphatic carbocycles. The van der Waals surface area contributed by atoms with Crippen molar-refractivity contribution in [1.82, 2.24) is 19.4 Å². The van der Waals surface area contributed by atoms with Crippen LogP contribution in [0.2, 0.25) is 0 Å². The molecule has 0 atom stereocenters. The summed E-state index contributed by atoms with van der Waals surface area (Å²) in [6.45, 7) is 9.20. The fourth-order valence-corrected chi connectivity index (χ4v) is 4.09. The van der Waals surface area contributed by atoms with Crippen LogP contribution in [0, 0.1) is 26.6 Å². The first-order valence-electron chi connectivity index (χ1n) is 12.8. The van der Waals surface area contributed by atoms with Crippen molar-refractivity contribution in [2.75, 3.05) is 5.32 Å².